The Hall–Kier alpha value is -1.43. The number of carbonyl (C=O) groups is 1. The van der Waals surface area contributed by atoms with Crippen molar-refractivity contribution in [1.29, 1.82) is 0 Å². The topological polar surface area (TPSA) is 94.0 Å². The first-order valence-corrected chi connectivity index (χ1v) is 3.94. The third-order valence-corrected chi connectivity index (χ3v) is 1.56. The van der Waals surface area contributed by atoms with Crippen molar-refractivity contribution in [2.75, 3.05) is 11.9 Å². The van der Waals surface area contributed by atoms with E-state index in [0.29, 0.717) is 12.4 Å². The van der Waals surface area contributed by atoms with E-state index in [4.69, 9.17) is 10.3 Å². The van der Waals surface area contributed by atoms with E-state index < -0.39 is 0 Å². The van der Waals surface area contributed by atoms with Crippen molar-refractivity contribution < 1.29 is 9.32 Å². The van der Waals surface area contributed by atoms with E-state index in [2.05, 4.69) is 15.5 Å². The maximum absolute atomic E-state index is 11.2. The molecule has 0 aliphatic carbocycles. The SMILES string of the molecule is Cc1noc(NC(=O)C(C)CN)n1. The van der Waals surface area contributed by atoms with Crippen molar-refractivity contribution in [1.82, 2.24) is 10.1 Å². The van der Waals surface area contributed by atoms with Gasteiger partial charge in [0.05, 0.1) is 0 Å². The number of rotatable bonds is 3. The molecule has 0 spiro atoms. The Morgan fingerprint density at radius 1 is 1.77 bits per heavy atom. The average molecular weight is 184 g/mol. The summed E-state index contributed by atoms with van der Waals surface area (Å²) in [5.74, 6) is 0.00839. The van der Waals surface area contributed by atoms with Crippen LogP contribution in [0.1, 0.15) is 12.7 Å². The minimum atomic E-state index is -0.257. The number of nitrogens with one attached hydrogen (secondary N) is 1. The summed E-state index contributed by atoms with van der Waals surface area (Å²) in [5, 5.41) is 5.98. The second-order valence-corrected chi connectivity index (χ2v) is 2.77. The van der Waals surface area contributed by atoms with Crippen molar-refractivity contribution in [2.45, 2.75) is 13.8 Å². The van der Waals surface area contributed by atoms with E-state index in [1.807, 2.05) is 0 Å². The van der Waals surface area contributed by atoms with Gasteiger partial charge in [0.25, 0.3) is 0 Å². The van der Waals surface area contributed by atoms with Crippen LogP contribution in [0.5, 0.6) is 0 Å². The zero-order valence-corrected chi connectivity index (χ0v) is 7.57. The first-order chi connectivity index (χ1) is 6.13. The molecule has 13 heavy (non-hydrogen) atoms. The molecular formula is C7H12N4O2. The second-order valence-electron chi connectivity index (χ2n) is 2.77. The number of nitrogens with two attached hydrogens (primary N) is 1. The van der Waals surface area contributed by atoms with E-state index in [1.54, 1.807) is 13.8 Å². The first kappa shape index (κ1) is 9.66. The molecule has 72 valence electrons. The largest absolute Gasteiger partial charge is 0.330 e. The standard InChI is InChI=1S/C7H12N4O2/c1-4(3-8)6(12)10-7-9-5(2)11-13-7/h4H,3,8H2,1-2H3,(H,9,10,11,12). The molecule has 6 nitrogen and oxygen atoms in total. The molecule has 0 radical (unpaired) electrons. The van der Waals surface area contributed by atoms with Gasteiger partial charge in [-0.05, 0) is 6.92 Å². The normalized spacial score (nSPS) is 12.5. The summed E-state index contributed by atoms with van der Waals surface area (Å²) in [4.78, 5) is 15.1. The van der Waals surface area contributed by atoms with Gasteiger partial charge < -0.3 is 10.3 Å². The van der Waals surface area contributed by atoms with Crippen LogP contribution in [-0.4, -0.2) is 22.6 Å². The molecule has 3 N–H and O–H groups in total. The number of hydrogen-bond acceptors (Lipinski definition) is 5. The Bertz CT molecular complexity index is 296. The van der Waals surface area contributed by atoms with Crippen molar-refractivity contribution in [2.24, 2.45) is 11.7 Å². The summed E-state index contributed by atoms with van der Waals surface area (Å²) in [6.45, 7) is 3.68. The molecule has 0 aliphatic heterocycles. The van der Waals surface area contributed by atoms with Crippen LogP contribution in [-0.2, 0) is 4.79 Å². The van der Waals surface area contributed by atoms with Crippen LogP contribution >= 0.6 is 0 Å². The monoisotopic (exact) mass is 184 g/mol. The molecule has 6 heteroatoms. The minimum Gasteiger partial charge on any atom is -0.330 e. The molecule has 1 aromatic heterocycles. The van der Waals surface area contributed by atoms with Gasteiger partial charge >= 0.3 is 6.01 Å². The van der Waals surface area contributed by atoms with Crippen LogP contribution in [0.4, 0.5) is 6.01 Å². The van der Waals surface area contributed by atoms with Crippen molar-refractivity contribution in [3.05, 3.63) is 5.82 Å². The van der Waals surface area contributed by atoms with E-state index in [1.165, 1.54) is 0 Å². The number of aryl methyl sites for hydroxylation is 1. The smallest absolute Gasteiger partial charge is 0.328 e. The predicted octanol–water partition coefficient (Wildman–Crippen LogP) is -0.0887. The van der Waals surface area contributed by atoms with E-state index in [0.717, 1.165) is 0 Å². The van der Waals surface area contributed by atoms with Crippen molar-refractivity contribution in [3.8, 4) is 0 Å². The number of amides is 1. The average Bonchev–Trinajstić information content (AvgIpc) is 2.49. The third-order valence-electron chi connectivity index (χ3n) is 1.56. The van der Waals surface area contributed by atoms with Crippen LogP contribution in [0.3, 0.4) is 0 Å². The van der Waals surface area contributed by atoms with Crippen LogP contribution in [0.25, 0.3) is 0 Å². The fourth-order valence-corrected chi connectivity index (χ4v) is 0.683. The molecule has 0 fully saturated rings. The fraction of sp³-hybridized carbons (Fsp3) is 0.571. The maximum Gasteiger partial charge on any atom is 0.328 e. The van der Waals surface area contributed by atoms with Gasteiger partial charge in [-0.15, -0.1) is 0 Å². The summed E-state index contributed by atoms with van der Waals surface area (Å²) in [6.07, 6.45) is 0. The van der Waals surface area contributed by atoms with Crippen LogP contribution in [0.15, 0.2) is 4.52 Å². The molecule has 1 rings (SSSR count). The second kappa shape index (κ2) is 3.99. The molecule has 0 saturated heterocycles. The van der Waals surface area contributed by atoms with Gasteiger partial charge in [0.1, 0.15) is 0 Å². The fourth-order valence-electron chi connectivity index (χ4n) is 0.683. The number of nitrogens with zero attached hydrogens (tertiary/aromatic N) is 2. The number of hydrogen-bond donors (Lipinski definition) is 2. The molecule has 1 amide bonds. The molecule has 1 unspecified atom stereocenters. The lowest BCUT2D eigenvalue weighted by Gasteiger charge is -2.05. The Kier molecular flexibility index (Phi) is 2.97. The Morgan fingerprint density at radius 3 is 2.92 bits per heavy atom. The highest BCUT2D eigenvalue weighted by Gasteiger charge is 2.13. The highest BCUT2D eigenvalue weighted by atomic mass is 16.5. The molecule has 1 aromatic rings. The predicted molar refractivity (Wildman–Crippen MR) is 45.9 cm³/mol. The summed E-state index contributed by atoms with van der Waals surface area (Å²) >= 11 is 0. The van der Waals surface area contributed by atoms with Crippen LogP contribution in [0.2, 0.25) is 0 Å². The van der Waals surface area contributed by atoms with Gasteiger partial charge in [-0.1, -0.05) is 12.1 Å². The molecule has 0 saturated carbocycles. The van der Waals surface area contributed by atoms with Crippen molar-refractivity contribution in [3.63, 3.8) is 0 Å². The lowest BCUT2D eigenvalue weighted by Crippen LogP contribution is -2.26. The molecule has 1 atom stereocenters. The molecule has 0 aliphatic rings. The van der Waals surface area contributed by atoms with E-state index >= 15 is 0 Å². The van der Waals surface area contributed by atoms with Crippen molar-refractivity contribution >= 4 is 11.9 Å². The van der Waals surface area contributed by atoms with E-state index in [-0.39, 0.29) is 17.8 Å². The summed E-state index contributed by atoms with van der Waals surface area (Å²) in [5.41, 5.74) is 5.30. The summed E-state index contributed by atoms with van der Waals surface area (Å²) < 4.78 is 4.70. The number of anilines is 1. The maximum atomic E-state index is 11.2. The number of aromatic nitrogens is 2. The number of carbonyl (C=O) groups excluding carboxylic acids is 1. The highest BCUT2D eigenvalue weighted by Crippen LogP contribution is 2.04. The first-order valence-electron chi connectivity index (χ1n) is 3.94. The van der Waals surface area contributed by atoms with Gasteiger partial charge in [0, 0.05) is 12.5 Å². The van der Waals surface area contributed by atoms with Gasteiger partial charge in [0.15, 0.2) is 5.82 Å². The molecule has 0 aromatic carbocycles. The molecular weight excluding hydrogens is 172 g/mol. The third kappa shape index (κ3) is 2.51. The lowest BCUT2D eigenvalue weighted by atomic mass is 10.2. The Balaban J connectivity index is 2.54. The summed E-state index contributed by atoms with van der Waals surface area (Å²) in [6, 6.07) is 0.114. The van der Waals surface area contributed by atoms with Crippen LogP contribution in [0, 0.1) is 12.8 Å². The van der Waals surface area contributed by atoms with Gasteiger partial charge in [-0.3, -0.25) is 10.1 Å². The lowest BCUT2D eigenvalue weighted by molar-refractivity contribution is -0.119. The van der Waals surface area contributed by atoms with Crippen LogP contribution < -0.4 is 11.1 Å². The minimum absolute atomic E-state index is 0.114. The van der Waals surface area contributed by atoms with Gasteiger partial charge in [0.2, 0.25) is 5.91 Å². The zero-order chi connectivity index (χ0) is 9.84. The summed E-state index contributed by atoms with van der Waals surface area (Å²) in [7, 11) is 0. The molecule has 0 bridgehead atoms. The van der Waals surface area contributed by atoms with Gasteiger partial charge in [-0.25, -0.2) is 0 Å². The Morgan fingerprint density at radius 2 is 2.46 bits per heavy atom. The molecule has 1 heterocycles. The highest BCUT2D eigenvalue weighted by molar-refractivity contribution is 5.90. The zero-order valence-electron chi connectivity index (χ0n) is 7.57. The quantitative estimate of drug-likeness (QED) is 0.684. The van der Waals surface area contributed by atoms with Gasteiger partial charge in [-0.2, -0.15) is 4.98 Å². The van der Waals surface area contributed by atoms with E-state index in [9.17, 15) is 4.79 Å². The Labute approximate surface area is 75.5 Å².